The highest BCUT2D eigenvalue weighted by molar-refractivity contribution is 5.87. The highest BCUT2D eigenvalue weighted by Crippen LogP contribution is 2.11. The summed E-state index contributed by atoms with van der Waals surface area (Å²) in [4.78, 5) is 13.9. The molecule has 1 aromatic carbocycles. The molecule has 0 radical (unpaired) electrons. The fourth-order valence-electron chi connectivity index (χ4n) is 2.36. The summed E-state index contributed by atoms with van der Waals surface area (Å²) in [5.74, 6) is 0.216. The highest BCUT2D eigenvalue weighted by atomic mass is 16.4. The molecule has 4 heteroatoms. The lowest BCUT2D eigenvalue weighted by Gasteiger charge is -2.27. The second-order valence-electron chi connectivity index (χ2n) is 4.89. The van der Waals surface area contributed by atoms with E-state index < -0.39 is 0 Å². The van der Waals surface area contributed by atoms with Crippen LogP contribution in [0.4, 0.5) is 0 Å². The molecule has 4 nitrogen and oxygen atoms in total. The molecule has 19 heavy (non-hydrogen) atoms. The van der Waals surface area contributed by atoms with Crippen LogP contribution >= 0.6 is 0 Å². The summed E-state index contributed by atoms with van der Waals surface area (Å²) in [6.07, 6.45) is 3.83. The molecule has 1 saturated heterocycles. The molecule has 1 heterocycles. The molecule has 0 bridgehead atoms. The van der Waals surface area contributed by atoms with Gasteiger partial charge in [-0.3, -0.25) is 4.79 Å². The number of oxime groups is 1. The number of nitrogens with zero attached hydrogens (tertiary/aromatic N) is 2. The maximum Gasteiger partial charge on any atom is 0.222 e. The van der Waals surface area contributed by atoms with Crippen LogP contribution in [0.5, 0.6) is 0 Å². The molecule has 1 amide bonds. The van der Waals surface area contributed by atoms with Crippen LogP contribution in [-0.4, -0.2) is 34.8 Å². The minimum atomic E-state index is 0.216. The maximum atomic E-state index is 12.0. The van der Waals surface area contributed by atoms with E-state index in [1.54, 1.807) is 0 Å². The van der Waals surface area contributed by atoms with E-state index in [-0.39, 0.29) is 5.91 Å². The lowest BCUT2D eigenvalue weighted by Crippen LogP contribution is -2.38. The van der Waals surface area contributed by atoms with E-state index in [2.05, 4.69) is 17.3 Å². The number of carbonyl (C=O) groups excluding carboxylic acids is 1. The normalized spacial score (nSPS) is 15.4. The third-order valence-electron chi connectivity index (χ3n) is 3.53. The molecule has 0 saturated carbocycles. The molecule has 1 aliphatic rings. The van der Waals surface area contributed by atoms with E-state index in [1.807, 2.05) is 23.1 Å². The summed E-state index contributed by atoms with van der Waals surface area (Å²) in [5.41, 5.74) is 2.08. The van der Waals surface area contributed by atoms with Crippen LogP contribution in [0, 0.1) is 0 Å². The fraction of sp³-hybridized carbons (Fsp3) is 0.467. The number of piperidine rings is 1. The van der Waals surface area contributed by atoms with Crippen molar-refractivity contribution in [1.82, 2.24) is 4.90 Å². The number of hydrogen-bond acceptors (Lipinski definition) is 3. The zero-order chi connectivity index (χ0) is 13.5. The molecule has 0 aliphatic carbocycles. The second kappa shape index (κ2) is 6.92. The largest absolute Gasteiger partial charge is 0.411 e. The van der Waals surface area contributed by atoms with Gasteiger partial charge in [0.05, 0.1) is 5.71 Å². The predicted molar refractivity (Wildman–Crippen MR) is 74.4 cm³/mol. The Morgan fingerprint density at radius 1 is 1.21 bits per heavy atom. The van der Waals surface area contributed by atoms with Crippen LogP contribution in [0.25, 0.3) is 0 Å². The third-order valence-corrected chi connectivity index (χ3v) is 3.53. The first-order valence-corrected chi connectivity index (χ1v) is 6.81. The van der Waals surface area contributed by atoms with Gasteiger partial charge in [0.2, 0.25) is 5.91 Å². The lowest BCUT2D eigenvalue weighted by molar-refractivity contribution is -0.131. The van der Waals surface area contributed by atoms with Crippen LogP contribution in [0.1, 0.15) is 31.2 Å². The van der Waals surface area contributed by atoms with Crippen molar-refractivity contribution < 1.29 is 10.0 Å². The molecule has 2 rings (SSSR count). The van der Waals surface area contributed by atoms with Gasteiger partial charge in [0, 0.05) is 32.4 Å². The van der Waals surface area contributed by atoms with E-state index in [1.165, 1.54) is 5.56 Å². The molecule has 102 valence electrons. The smallest absolute Gasteiger partial charge is 0.222 e. The SMILES string of the molecule is O=C(CCCc1ccccc1)N1CCC(=NO)CC1. The van der Waals surface area contributed by atoms with Gasteiger partial charge in [-0.1, -0.05) is 35.5 Å². The maximum absolute atomic E-state index is 12.0. The van der Waals surface area contributed by atoms with Gasteiger partial charge in [-0.05, 0) is 18.4 Å². The number of carbonyl (C=O) groups is 1. The van der Waals surface area contributed by atoms with Crippen molar-refractivity contribution in [3.8, 4) is 0 Å². The van der Waals surface area contributed by atoms with E-state index in [0.717, 1.165) is 18.6 Å². The summed E-state index contributed by atoms with van der Waals surface area (Å²) >= 11 is 0. The molecule has 0 aromatic heterocycles. The first-order valence-electron chi connectivity index (χ1n) is 6.81. The molecule has 1 fully saturated rings. The molecule has 0 atom stereocenters. The predicted octanol–water partition coefficient (Wildman–Crippen LogP) is 2.46. The van der Waals surface area contributed by atoms with Crippen LogP contribution < -0.4 is 0 Å². The average Bonchev–Trinajstić information content (AvgIpc) is 2.48. The topological polar surface area (TPSA) is 52.9 Å². The Morgan fingerprint density at radius 3 is 2.53 bits per heavy atom. The van der Waals surface area contributed by atoms with Crippen LogP contribution in [0.15, 0.2) is 35.5 Å². The van der Waals surface area contributed by atoms with Gasteiger partial charge < -0.3 is 10.1 Å². The van der Waals surface area contributed by atoms with Crippen molar-refractivity contribution in [2.75, 3.05) is 13.1 Å². The first kappa shape index (κ1) is 13.6. The second-order valence-corrected chi connectivity index (χ2v) is 4.89. The summed E-state index contributed by atoms with van der Waals surface area (Å²) in [5, 5.41) is 11.9. The third kappa shape index (κ3) is 4.09. The minimum Gasteiger partial charge on any atom is -0.411 e. The standard InChI is InChI=1S/C15H20N2O2/c18-15(17-11-9-14(16-19)10-12-17)8-4-7-13-5-2-1-3-6-13/h1-3,5-6,19H,4,7-12H2. The van der Waals surface area contributed by atoms with Gasteiger partial charge >= 0.3 is 0 Å². The van der Waals surface area contributed by atoms with Gasteiger partial charge in [0.25, 0.3) is 0 Å². The number of likely N-dealkylation sites (tertiary alicyclic amines) is 1. The monoisotopic (exact) mass is 260 g/mol. The number of rotatable bonds is 4. The zero-order valence-corrected chi connectivity index (χ0v) is 11.1. The van der Waals surface area contributed by atoms with Crippen molar-refractivity contribution in [3.05, 3.63) is 35.9 Å². The number of aryl methyl sites for hydroxylation is 1. The van der Waals surface area contributed by atoms with Gasteiger partial charge in [-0.2, -0.15) is 0 Å². The summed E-state index contributed by atoms with van der Waals surface area (Å²) < 4.78 is 0. The van der Waals surface area contributed by atoms with E-state index in [9.17, 15) is 4.79 Å². The van der Waals surface area contributed by atoms with Gasteiger partial charge in [0.15, 0.2) is 0 Å². The molecule has 0 spiro atoms. The van der Waals surface area contributed by atoms with Gasteiger partial charge in [0.1, 0.15) is 0 Å². The Bertz CT molecular complexity index is 433. The van der Waals surface area contributed by atoms with E-state index in [4.69, 9.17) is 5.21 Å². The van der Waals surface area contributed by atoms with Crippen molar-refractivity contribution in [2.24, 2.45) is 5.16 Å². The zero-order valence-electron chi connectivity index (χ0n) is 11.1. The van der Waals surface area contributed by atoms with Crippen LogP contribution in [0.2, 0.25) is 0 Å². The van der Waals surface area contributed by atoms with E-state index in [0.29, 0.717) is 32.4 Å². The van der Waals surface area contributed by atoms with Gasteiger partial charge in [-0.25, -0.2) is 0 Å². The first-order chi connectivity index (χ1) is 9.29. The summed E-state index contributed by atoms with van der Waals surface area (Å²) in [6.45, 7) is 1.37. The summed E-state index contributed by atoms with van der Waals surface area (Å²) in [6, 6.07) is 10.2. The van der Waals surface area contributed by atoms with Crippen molar-refractivity contribution >= 4 is 11.6 Å². The number of hydrogen-bond donors (Lipinski definition) is 1. The van der Waals surface area contributed by atoms with Crippen LogP contribution in [0.3, 0.4) is 0 Å². The van der Waals surface area contributed by atoms with Crippen molar-refractivity contribution in [3.63, 3.8) is 0 Å². The van der Waals surface area contributed by atoms with Gasteiger partial charge in [-0.15, -0.1) is 0 Å². The fourth-order valence-corrected chi connectivity index (χ4v) is 2.36. The Balaban J connectivity index is 1.70. The molecule has 1 N–H and O–H groups in total. The molecule has 1 aliphatic heterocycles. The molecule has 0 unspecified atom stereocenters. The Labute approximate surface area is 113 Å². The molecule has 1 aromatic rings. The average molecular weight is 260 g/mol. The molecular formula is C15H20N2O2. The Morgan fingerprint density at radius 2 is 1.89 bits per heavy atom. The van der Waals surface area contributed by atoms with E-state index >= 15 is 0 Å². The van der Waals surface area contributed by atoms with Crippen LogP contribution in [-0.2, 0) is 11.2 Å². The summed E-state index contributed by atoms with van der Waals surface area (Å²) in [7, 11) is 0. The number of benzene rings is 1. The Kier molecular flexibility index (Phi) is 4.95. The minimum absolute atomic E-state index is 0.216. The quantitative estimate of drug-likeness (QED) is 0.668. The lowest BCUT2D eigenvalue weighted by atomic mass is 10.1. The highest BCUT2D eigenvalue weighted by Gasteiger charge is 2.19. The van der Waals surface area contributed by atoms with Crippen molar-refractivity contribution in [1.29, 1.82) is 0 Å². The molecular weight excluding hydrogens is 240 g/mol. The van der Waals surface area contributed by atoms with Crippen molar-refractivity contribution in [2.45, 2.75) is 32.1 Å². The Hall–Kier alpha value is -1.84. The number of amides is 1.